The Morgan fingerprint density at radius 1 is 1.47 bits per heavy atom. The number of nitrogens with zero attached hydrogens (tertiary/aromatic N) is 4. The number of aromatic amines is 1. The van der Waals surface area contributed by atoms with Crippen LogP contribution < -0.4 is 5.32 Å². The van der Waals surface area contributed by atoms with Crippen LogP contribution in [-0.4, -0.2) is 31.6 Å². The first-order valence-corrected chi connectivity index (χ1v) is 6.34. The van der Waals surface area contributed by atoms with Gasteiger partial charge in [-0.2, -0.15) is 5.10 Å². The smallest absolute Gasteiger partial charge is 0.311 e. The molecule has 0 amide bonds. The Labute approximate surface area is 116 Å². The van der Waals surface area contributed by atoms with Crippen LogP contribution in [0.1, 0.15) is 12.2 Å². The topological polar surface area (TPSA) is 110 Å². The molecule has 2 heterocycles. The van der Waals surface area contributed by atoms with E-state index in [4.69, 9.17) is 0 Å². The SMILES string of the molecule is O=[N+]([O-])c1cncc(Br)c1NCCCc1ncn[nH]1. The van der Waals surface area contributed by atoms with Crippen LogP contribution in [0.15, 0.2) is 23.2 Å². The molecule has 0 saturated heterocycles. The molecular formula is C10H11BrN6O2. The summed E-state index contributed by atoms with van der Waals surface area (Å²) >= 11 is 3.25. The summed E-state index contributed by atoms with van der Waals surface area (Å²) in [7, 11) is 0. The summed E-state index contributed by atoms with van der Waals surface area (Å²) < 4.78 is 0.571. The molecule has 2 rings (SSSR count). The van der Waals surface area contributed by atoms with Crippen LogP contribution in [0.4, 0.5) is 11.4 Å². The van der Waals surface area contributed by atoms with Crippen molar-refractivity contribution in [3.05, 3.63) is 39.1 Å². The minimum absolute atomic E-state index is 0.0472. The molecule has 19 heavy (non-hydrogen) atoms. The van der Waals surface area contributed by atoms with E-state index in [-0.39, 0.29) is 5.69 Å². The van der Waals surface area contributed by atoms with Crippen molar-refractivity contribution in [2.75, 3.05) is 11.9 Å². The molecule has 0 atom stereocenters. The van der Waals surface area contributed by atoms with Crippen molar-refractivity contribution in [2.45, 2.75) is 12.8 Å². The van der Waals surface area contributed by atoms with Crippen LogP contribution in [0.25, 0.3) is 0 Å². The van der Waals surface area contributed by atoms with Crippen molar-refractivity contribution in [2.24, 2.45) is 0 Å². The minimum atomic E-state index is -0.462. The maximum absolute atomic E-state index is 10.9. The number of hydrogen-bond donors (Lipinski definition) is 2. The molecule has 0 saturated carbocycles. The van der Waals surface area contributed by atoms with Crippen molar-refractivity contribution in [3.63, 3.8) is 0 Å². The highest BCUT2D eigenvalue weighted by atomic mass is 79.9. The predicted molar refractivity (Wildman–Crippen MR) is 71.8 cm³/mol. The number of hydrogen-bond acceptors (Lipinski definition) is 6. The highest BCUT2D eigenvalue weighted by Gasteiger charge is 2.16. The van der Waals surface area contributed by atoms with Gasteiger partial charge in [0.05, 0.1) is 9.40 Å². The highest BCUT2D eigenvalue weighted by Crippen LogP contribution is 2.30. The molecule has 100 valence electrons. The van der Waals surface area contributed by atoms with Gasteiger partial charge in [0.1, 0.15) is 24.0 Å². The summed E-state index contributed by atoms with van der Waals surface area (Å²) in [6.45, 7) is 0.587. The first-order valence-electron chi connectivity index (χ1n) is 5.54. The number of anilines is 1. The molecular weight excluding hydrogens is 316 g/mol. The summed E-state index contributed by atoms with van der Waals surface area (Å²) in [5.41, 5.74) is 0.395. The fourth-order valence-corrected chi connectivity index (χ4v) is 2.02. The Morgan fingerprint density at radius 3 is 3.00 bits per heavy atom. The lowest BCUT2D eigenvalue weighted by molar-refractivity contribution is -0.384. The van der Waals surface area contributed by atoms with Crippen molar-refractivity contribution in [3.8, 4) is 0 Å². The molecule has 0 unspecified atom stereocenters. The molecule has 0 aliphatic heterocycles. The first kappa shape index (κ1) is 13.4. The number of halogens is 1. The summed E-state index contributed by atoms with van der Waals surface area (Å²) in [5.74, 6) is 0.796. The van der Waals surface area contributed by atoms with Crippen LogP contribution >= 0.6 is 15.9 Å². The molecule has 0 aliphatic carbocycles. The monoisotopic (exact) mass is 326 g/mol. The zero-order valence-corrected chi connectivity index (χ0v) is 11.4. The first-order chi connectivity index (χ1) is 9.18. The quantitative estimate of drug-likeness (QED) is 0.476. The average Bonchev–Trinajstić information content (AvgIpc) is 2.88. The van der Waals surface area contributed by atoms with Crippen molar-refractivity contribution >= 4 is 27.3 Å². The van der Waals surface area contributed by atoms with Gasteiger partial charge >= 0.3 is 5.69 Å². The molecule has 0 radical (unpaired) electrons. The fraction of sp³-hybridized carbons (Fsp3) is 0.300. The molecule has 2 N–H and O–H groups in total. The summed E-state index contributed by atoms with van der Waals surface area (Å²) in [6, 6.07) is 0. The van der Waals surface area contributed by atoms with Crippen LogP contribution in [0, 0.1) is 10.1 Å². The summed E-state index contributed by atoms with van der Waals surface area (Å²) in [4.78, 5) is 18.2. The van der Waals surface area contributed by atoms with Gasteiger partial charge in [0.15, 0.2) is 0 Å². The Kier molecular flexibility index (Phi) is 4.39. The zero-order chi connectivity index (χ0) is 13.7. The van der Waals surface area contributed by atoms with E-state index >= 15 is 0 Å². The summed E-state index contributed by atoms with van der Waals surface area (Å²) in [6.07, 6.45) is 5.70. The Balaban J connectivity index is 1.93. The molecule has 2 aromatic heterocycles. The van der Waals surface area contributed by atoms with Crippen molar-refractivity contribution < 1.29 is 4.92 Å². The number of aromatic nitrogens is 4. The third-order valence-electron chi connectivity index (χ3n) is 2.43. The average molecular weight is 327 g/mol. The third kappa shape index (κ3) is 3.47. The van der Waals surface area contributed by atoms with Gasteiger partial charge in [0.25, 0.3) is 0 Å². The maximum atomic E-state index is 10.9. The van der Waals surface area contributed by atoms with E-state index < -0.39 is 4.92 Å². The van der Waals surface area contributed by atoms with Gasteiger partial charge in [-0.1, -0.05) is 0 Å². The second-order valence-corrected chi connectivity index (χ2v) is 4.59. The zero-order valence-electron chi connectivity index (χ0n) is 9.84. The molecule has 0 aromatic carbocycles. The number of pyridine rings is 1. The van der Waals surface area contributed by atoms with E-state index in [2.05, 4.69) is 41.4 Å². The van der Waals surface area contributed by atoms with Crippen molar-refractivity contribution in [1.82, 2.24) is 20.2 Å². The van der Waals surface area contributed by atoms with E-state index in [9.17, 15) is 10.1 Å². The van der Waals surface area contributed by atoms with E-state index in [0.717, 1.165) is 18.7 Å². The Morgan fingerprint density at radius 2 is 2.32 bits per heavy atom. The summed E-state index contributed by atoms with van der Waals surface area (Å²) in [5, 5.41) is 20.4. The van der Waals surface area contributed by atoms with Gasteiger partial charge in [0.2, 0.25) is 0 Å². The largest absolute Gasteiger partial charge is 0.378 e. The number of rotatable bonds is 6. The van der Waals surface area contributed by atoms with Crippen molar-refractivity contribution in [1.29, 1.82) is 0 Å². The molecule has 0 bridgehead atoms. The normalized spacial score (nSPS) is 10.4. The Hall–Kier alpha value is -2.03. The van der Waals surface area contributed by atoms with E-state index in [1.165, 1.54) is 18.7 Å². The van der Waals surface area contributed by atoms with E-state index in [0.29, 0.717) is 16.7 Å². The lowest BCUT2D eigenvalue weighted by Crippen LogP contribution is -2.07. The standard InChI is InChI=1S/C10H11BrN6O2/c11-7-4-12-5-8(17(18)19)10(7)13-3-1-2-9-14-6-15-16-9/h4-6H,1-3H2,(H,12,13)(H,14,15,16). The van der Waals surface area contributed by atoms with Crippen LogP contribution in [0.2, 0.25) is 0 Å². The molecule has 0 fully saturated rings. The third-order valence-corrected chi connectivity index (χ3v) is 3.03. The second-order valence-electron chi connectivity index (χ2n) is 3.74. The predicted octanol–water partition coefficient (Wildman–Crippen LogP) is 1.92. The highest BCUT2D eigenvalue weighted by molar-refractivity contribution is 9.10. The van der Waals surface area contributed by atoms with Crippen LogP contribution in [0.5, 0.6) is 0 Å². The molecule has 2 aromatic rings. The number of nitro groups is 1. The Bertz CT molecular complexity index is 559. The van der Waals surface area contributed by atoms with Gasteiger partial charge in [-0.05, 0) is 22.4 Å². The maximum Gasteiger partial charge on any atom is 0.311 e. The van der Waals surface area contributed by atoms with E-state index in [1.807, 2.05) is 0 Å². The number of H-pyrrole nitrogens is 1. The molecule has 9 heteroatoms. The van der Waals surface area contributed by atoms with Gasteiger partial charge in [-0.15, -0.1) is 0 Å². The molecule has 0 spiro atoms. The minimum Gasteiger partial charge on any atom is -0.378 e. The number of aryl methyl sites for hydroxylation is 1. The fourth-order valence-electron chi connectivity index (χ4n) is 1.56. The van der Waals surface area contributed by atoms with Gasteiger partial charge in [-0.25, -0.2) is 4.98 Å². The van der Waals surface area contributed by atoms with Gasteiger partial charge in [0, 0.05) is 19.2 Å². The lowest BCUT2D eigenvalue weighted by Gasteiger charge is -2.07. The second kappa shape index (κ2) is 6.23. The number of nitrogens with one attached hydrogen (secondary N) is 2. The van der Waals surface area contributed by atoms with Crippen LogP contribution in [-0.2, 0) is 6.42 Å². The van der Waals surface area contributed by atoms with Gasteiger partial charge < -0.3 is 5.32 Å². The van der Waals surface area contributed by atoms with Gasteiger partial charge in [-0.3, -0.25) is 20.2 Å². The van der Waals surface area contributed by atoms with E-state index in [1.54, 1.807) is 0 Å². The molecule has 8 nitrogen and oxygen atoms in total. The lowest BCUT2D eigenvalue weighted by atomic mass is 10.3. The van der Waals surface area contributed by atoms with Crippen LogP contribution in [0.3, 0.4) is 0 Å². The molecule has 0 aliphatic rings.